The van der Waals surface area contributed by atoms with Gasteiger partial charge < -0.3 is 15.2 Å². The van der Waals surface area contributed by atoms with E-state index in [2.05, 4.69) is 32.9 Å². The summed E-state index contributed by atoms with van der Waals surface area (Å²) in [4.78, 5) is 0. The highest BCUT2D eigenvalue weighted by molar-refractivity contribution is 5.46. The number of nitrogens with two attached hydrogens (primary N) is 1. The Balaban J connectivity index is 2.85. The third-order valence-electron chi connectivity index (χ3n) is 3.60. The average Bonchev–Trinajstić information content (AvgIpc) is 2.38. The molecule has 0 radical (unpaired) electrons. The normalized spacial score (nSPS) is 14.3. The van der Waals surface area contributed by atoms with Crippen molar-refractivity contribution < 1.29 is 9.47 Å². The molecule has 0 saturated carbocycles. The number of rotatable bonds is 6. The van der Waals surface area contributed by atoms with E-state index in [9.17, 15) is 0 Å². The second kappa shape index (κ2) is 6.76. The molecule has 18 heavy (non-hydrogen) atoms. The van der Waals surface area contributed by atoms with Crippen LogP contribution in [0.3, 0.4) is 0 Å². The van der Waals surface area contributed by atoms with Crippen molar-refractivity contribution >= 4 is 0 Å². The van der Waals surface area contributed by atoms with Crippen molar-refractivity contribution in [3.8, 4) is 5.75 Å². The summed E-state index contributed by atoms with van der Waals surface area (Å²) in [6, 6.07) is 4.17. The van der Waals surface area contributed by atoms with Gasteiger partial charge in [0.2, 0.25) is 0 Å². The van der Waals surface area contributed by atoms with Gasteiger partial charge >= 0.3 is 0 Å². The van der Waals surface area contributed by atoms with Crippen molar-refractivity contribution in [1.29, 1.82) is 0 Å². The molecule has 0 amide bonds. The van der Waals surface area contributed by atoms with Crippen molar-refractivity contribution in [1.82, 2.24) is 0 Å². The van der Waals surface area contributed by atoms with Gasteiger partial charge in [0.25, 0.3) is 0 Å². The molecule has 0 saturated heterocycles. The third kappa shape index (κ3) is 3.47. The van der Waals surface area contributed by atoms with Crippen LogP contribution in [0, 0.1) is 13.8 Å². The van der Waals surface area contributed by atoms with E-state index < -0.39 is 0 Å². The van der Waals surface area contributed by atoms with Gasteiger partial charge in [-0.05, 0) is 44.7 Å². The smallest absolute Gasteiger partial charge is 0.126 e. The van der Waals surface area contributed by atoms with Gasteiger partial charge in [-0.15, -0.1) is 0 Å². The number of ether oxygens (including phenoxy) is 2. The molecule has 3 nitrogen and oxygen atoms in total. The summed E-state index contributed by atoms with van der Waals surface area (Å²) in [5.41, 5.74) is 9.75. The summed E-state index contributed by atoms with van der Waals surface area (Å²) in [5, 5.41) is 0. The van der Waals surface area contributed by atoms with Gasteiger partial charge in [-0.1, -0.05) is 12.1 Å². The monoisotopic (exact) mass is 251 g/mol. The fourth-order valence-corrected chi connectivity index (χ4v) is 2.06. The van der Waals surface area contributed by atoms with Gasteiger partial charge in [-0.25, -0.2) is 0 Å². The molecule has 0 fully saturated rings. The number of benzene rings is 1. The van der Waals surface area contributed by atoms with Crippen molar-refractivity contribution in [3.05, 3.63) is 28.8 Å². The molecule has 2 atom stereocenters. The van der Waals surface area contributed by atoms with Crippen LogP contribution in [0.2, 0.25) is 0 Å². The SMILES string of the molecule is COc1c(C(N)CCC(C)OC)ccc(C)c1C. The minimum Gasteiger partial charge on any atom is -0.496 e. The van der Waals surface area contributed by atoms with E-state index >= 15 is 0 Å². The van der Waals surface area contributed by atoms with E-state index in [1.54, 1.807) is 14.2 Å². The van der Waals surface area contributed by atoms with E-state index in [0.29, 0.717) is 0 Å². The zero-order valence-electron chi connectivity index (χ0n) is 12.1. The highest BCUT2D eigenvalue weighted by Crippen LogP contribution is 2.31. The molecule has 0 spiro atoms. The number of aryl methyl sites for hydroxylation is 1. The fraction of sp³-hybridized carbons (Fsp3) is 0.600. The fourth-order valence-electron chi connectivity index (χ4n) is 2.06. The summed E-state index contributed by atoms with van der Waals surface area (Å²) < 4.78 is 10.7. The Morgan fingerprint density at radius 1 is 1.17 bits per heavy atom. The highest BCUT2D eigenvalue weighted by atomic mass is 16.5. The van der Waals surface area contributed by atoms with Crippen LogP contribution in [0.5, 0.6) is 5.75 Å². The predicted molar refractivity (Wildman–Crippen MR) is 75.1 cm³/mol. The number of hydrogen-bond acceptors (Lipinski definition) is 3. The van der Waals surface area contributed by atoms with Crippen LogP contribution in [0.4, 0.5) is 0 Å². The number of methoxy groups -OCH3 is 2. The van der Waals surface area contributed by atoms with Gasteiger partial charge in [0.15, 0.2) is 0 Å². The van der Waals surface area contributed by atoms with Crippen LogP contribution in [0.15, 0.2) is 12.1 Å². The molecule has 0 aromatic heterocycles. The highest BCUT2D eigenvalue weighted by Gasteiger charge is 2.15. The van der Waals surface area contributed by atoms with E-state index in [-0.39, 0.29) is 12.1 Å². The van der Waals surface area contributed by atoms with Crippen LogP contribution in [0.25, 0.3) is 0 Å². The first kappa shape index (κ1) is 15.0. The Morgan fingerprint density at radius 2 is 1.83 bits per heavy atom. The standard InChI is InChI=1S/C15H25NO2/c1-10-6-8-13(15(18-5)12(10)3)14(16)9-7-11(2)17-4/h6,8,11,14H,7,9,16H2,1-5H3. The van der Waals surface area contributed by atoms with Crippen molar-refractivity contribution in [2.24, 2.45) is 5.73 Å². The predicted octanol–water partition coefficient (Wildman–Crippen LogP) is 3.13. The van der Waals surface area contributed by atoms with Crippen molar-refractivity contribution in [2.45, 2.75) is 45.8 Å². The molecule has 102 valence electrons. The van der Waals surface area contributed by atoms with Gasteiger partial charge in [-0.3, -0.25) is 0 Å². The topological polar surface area (TPSA) is 44.5 Å². The lowest BCUT2D eigenvalue weighted by Crippen LogP contribution is -2.15. The maximum atomic E-state index is 6.26. The zero-order valence-corrected chi connectivity index (χ0v) is 12.1. The van der Waals surface area contributed by atoms with Crippen LogP contribution in [-0.2, 0) is 4.74 Å². The largest absolute Gasteiger partial charge is 0.496 e. The summed E-state index contributed by atoms with van der Waals surface area (Å²) >= 11 is 0. The summed E-state index contributed by atoms with van der Waals surface area (Å²) in [6.07, 6.45) is 2.09. The van der Waals surface area contributed by atoms with Crippen molar-refractivity contribution in [2.75, 3.05) is 14.2 Å². The first-order chi connectivity index (χ1) is 8.51. The third-order valence-corrected chi connectivity index (χ3v) is 3.60. The summed E-state index contributed by atoms with van der Waals surface area (Å²) in [5.74, 6) is 0.924. The second-order valence-electron chi connectivity index (χ2n) is 4.86. The van der Waals surface area contributed by atoms with Crippen LogP contribution >= 0.6 is 0 Å². The van der Waals surface area contributed by atoms with Crippen molar-refractivity contribution in [3.63, 3.8) is 0 Å². The molecule has 2 N–H and O–H groups in total. The molecule has 1 aromatic carbocycles. The first-order valence-electron chi connectivity index (χ1n) is 6.43. The molecule has 2 unspecified atom stereocenters. The van der Waals surface area contributed by atoms with Crippen LogP contribution in [0.1, 0.15) is 42.5 Å². The van der Waals surface area contributed by atoms with Gasteiger partial charge in [-0.2, -0.15) is 0 Å². The maximum absolute atomic E-state index is 6.26. The minimum absolute atomic E-state index is 0.00292. The molecule has 0 aliphatic rings. The Hall–Kier alpha value is -1.06. The van der Waals surface area contributed by atoms with E-state index in [0.717, 1.165) is 24.2 Å². The molecule has 0 aliphatic heterocycles. The Bertz CT molecular complexity index is 390. The Kier molecular flexibility index (Phi) is 5.63. The molecule has 0 aliphatic carbocycles. The molecular weight excluding hydrogens is 226 g/mol. The molecule has 0 heterocycles. The molecule has 1 rings (SSSR count). The van der Waals surface area contributed by atoms with Crippen LogP contribution in [-0.4, -0.2) is 20.3 Å². The Morgan fingerprint density at radius 3 is 2.39 bits per heavy atom. The lowest BCUT2D eigenvalue weighted by Gasteiger charge is -2.20. The zero-order chi connectivity index (χ0) is 13.7. The quantitative estimate of drug-likeness (QED) is 0.844. The lowest BCUT2D eigenvalue weighted by molar-refractivity contribution is 0.107. The molecular formula is C15H25NO2. The first-order valence-corrected chi connectivity index (χ1v) is 6.43. The van der Waals surface area contributed by atoms with Gasteiger partial charge in [0.1, 0.15) is 5.75 Å². The molecule has 1 aromatic rings. The van der Waals surface area contributed by atoms with Gasteiger partial charge in [0, 0.05) is 18.7 Å². The lowest BCUT2D eigenvalue weighted by atomic mass is 9.96. The molecule has 0 bridgehead atoms. The minimum atomic E-state index is -0.00292. The summed E-state index contributed by atoms with van der Waals surface area (Å²) in [6.45, 7) is 6.21. The average molecular weight is 251 g/mol. The number of hydrogen-bond donors (Lipinski definition) is 1. The molecule has 3 heteroatoms. The van der Waals surface area contributed by atoms with Crippen LogP contribution < -0.4 is 10.5 Å². The van der Waals surface area contributed by atoms with Gasteiger partial charge in [0.05, 0.1) is 13.2 Å². The van der Waals surface area contributed by atoms with E-state index in [1.165, 1.54) is 11.1 Å². The van der Waals surface area contributed by atoms with E-state index in [4.69, 9.17) is 15.2 Å². The second-order valence-corrected chi connectivity index (χ2v) is 4.86. The van der Waals surface area contributed by atoms with E-state index in [1.807, 2.05) is 0 Å². The maximum Gasteiger partial charge on any atom is 0.126 e. The Labute approximate surface area is 110 Å². The summed E-state index contributed by atoms with van der Waals surface area (Å²) in [7, 11) is 3.43.